The Bertz CT molecular complexity index is 794. The van der Waals surface area contributed by atoms with Gasteiger partial charge in [0.05, 0.1) is 12.2 Å². The van der Waals surface area contributed by atoms with E-state index in [2.05, 4.69) is 27.8 Å². The second-order valence-electron chi connectivity index (χ2n) is 5.59. The number of fused-ring (bicyclic) bond motifs is 1. The quantitative estimate of drug-likeness (QED) is 0.724. The minimum absolute atomic E-state index is 0.0354. The summed E-state index contributed by atoms with van der Waals surface area (Å²) in [7, 11) is 0. The van der Waals surface area contributed by atoms with Gasteiger partial charge in [-0.15, -0.1) is 6.58 Å². The fraction of sp³-hybridized carbons (Fsp3) is 0.211. The molecule has 3 rings (SSSR count). The Kier molecular flexibility index (Phi) is 5.40. The van der Waals surface area contributed by atoms with Crippen LogP contribution in [0.5, 0.6) is 5.75 Å². The fourth-order valence-corrected chi connectivity index (χ4v) is 3.42. The first-order valence-electron chi connectivity index (χ1n) is 7.96. The van der Waals surface area contributed by atoms with Gasteiger partial charge in [0.15, 0.2) is 0 Å². The number of benzene rings is 2. The van der Waals surface area contributed by atoms with E-state index < -0.39 is 0 Å². The molecule has 2 N–H and O–H groups in total. The van der Waals surface area contributed by atoms with Crippen molar-refractivity contribution in [1.82, 2.24) is 4.90 Å². The highest BCUT2D eigenvalue weighted by Gasteiger charge is 2.33. The smallest absolute Gasteiger partial charge is 0.258 e. The molecule has 2 aromatic rings. The molecule has 0 aliphatic carbocycles. The summed E-state index contributed by atoms with van der Waals surface area (Å²) in [5.74, 6) is 0.620. The molecule has 0 fully saturated rings. The number of aliphatic hydroxyl groups is 1. The van der Waals surface area contributed by atoms with Gasteiger partial charge in [-0.3, -0.25) is 4.79 Å². The standard InChI is InChI=1S/C19H19BrN2O3/c1-2-9-22-18(21-17-6-4-3-5-15(17)19(22)24)14-8-7-13(12-16(14)20)25-11-10-23/h2-8,12,18,21,23H,1,9-11H2/t18-/m1/s1. The molecule has 25 heavy (non-hydrogen) atoms. The number of carbonyl (C=O) groups excluding carboxylic acids is 1. The molecule has 1 amide bonds. The monoisotopic (exact) mass is 402 g/mol. The average Bonchev–Trinajstić information content (AvgIpc) is 2.62. The third kappa shape index (κ3) is 3.55. The van der Waals surface area contributed by atoms with Crippen LogP contribution in [0.1, 0.15) is 22.1 Å². The van der Waals surface area contributed by atoms with Crippen LogP contribution in [0.3, 0.4) is 0 Å². The van der Waals surface area contributed by atoms with E-state index >= 15 is 0 Å². The SMILES string of the molecule is C=CCN1C(=O)c2ccccc2N[C@H]1c1ccc(OCCO)cc1Br. The van der Waals surface area contributed by atoms with Crippen LogP contribution in [0.4, 0.5) is 5.69 Å². The molecule has 0 spiro atoms. The number of para-hydroxylation sites is 1. The van der Waals surface area contributed by atoms with Crippen molar-refractivity contribution in [1.29, 1.82) is 0 Å². The average molecular weight is 403 g/mol. The van der Waals surface area contributed by atoms with Gasteiger partial charge in [-0.2, -0.15) is 0 Å². The molecule has 0 bridgehead atoms. The number of carbonyl (C=O) groups is 1. The molecule has 130 valence electrons. The lowest BCUT2D eigenvalue weighted by Crippen LogP contribution is -2.43. The number of aliphatic hydroxyl groups excluding tert-OH is 1. The maximum Gasteiger partial charge on any atom is 0.258 e. The van der Waals surface area contributed by atoms with Gasteiger partial charge in [0, 0.05) is 22.3 Å². The molecular formula is C19H19BrN2O3. The van der Waals surface area contributed by atoms with Gasteiger partial charge >= 0.3 is 0 Å². The van der Waals surface area contributed by atoms with E-state index in [0.29, 0.717) is 17.9 Å². The van der Waals surface area contributed by atoms with Crippen molar-refractivity contribution in [3.8, 4) is 5.75 Å². The molecule has 1 aliphatic heterocycles. The van der Waals surface area contributed by atoms with Gasteiger partial charge in [-0.25, -0.2) is 0 Å². The van der Waals surface area contributed by atoms with Gasteiger partial charge in [-0.1, -0.05) is 40.2 Å². The number of rotatable bonds is 6. The molecule has 2 aromatic carbocycles. The number of nitrogens with one attached hydrogen (secondary N) is 1. The molecule has 1 aliphatic rings. The zero-order chi connectivity index (χ0) is 17.8. The highest BCUT2D eigenvalue weighted by molar-refractivity contribution is 9.10. The van der Waals surface area contributed by atoms with Crippen LogP contribution in [-0.2, 0) is 0 Å². The molecule has 0 unspecified atom stereocenters. The van der Waals surface area contributed by atoms with Gasteiger partial charge in [0.1, 0.15) is 18.5 Å². The van der Waals surface area contributed by atoms with Crippen LogP contribution < -0.4 is 10.1 Å². The van der Waals surface area contributed by atoms with Crippen LogP contribution in [0.25, 0.3) is 0 Å². The van der Waals surface area contributed by atoms with E-state index in [0.717, 1.165) is 15.7 Å². The van der Waals surface area contributed by atoms with Gasteiger partial charge in [-0.05, 0) is 24.3 Å². The predicted molar refractivity (Wildman–Crippen MR) is 101 cm³/mol. The zero-order valence-corrected chi connectivity index (χ0v) is 15.2. The largest absolute Gasteiger partial charge is 0.491 e. The summed E-state index contributed by atoms with van der Waals surface area (Å²) in [6.45, 7) is 4.40. The summed E-state index contributed by atoms with van der Waals surface area (Å²) in [5.41, 5.74) is 2.38. The van der Waals surface area contributed by atoms with Crippen LogP contribution in [0.15, 0.2) is 59.6 Å². The Morgan fingerprint density at radius 3 is 2.84 bits per heavy atom. The molecule has 5 nitrogen and oxygen atoms in total. The fourth-order valence-electron chi connectivity index (χ4n) is 2.85. The van der Waals surface area contributed by atoms with E-state index in [1.807, 2.05) is 42.5 Å². The topological polar surface area (TPSA) is 61.8 Å². The third-order valence-corrected chi connectivity index (χ3v) is 4.66. The first-order valence-corrected chi connectivity index (χ1v) is 8.75. The lowest BCUT2D eigenvalue weighted by atomic mass is 10.0. The maximum atomic E-state index is 12.9. The van der Waals surface area contributed by atoms with E-state index in [9.17, 15) is 4.79 Å². The van der Waals surface area contributed by atoms with E-state index in [-0.39, 0.29) is 25.3 Å². The normalized spacial score (nSPS) is 16.2. The minimum Gasteiger partial charge on any atom is -0.491 e. The van der Waals surface area contributed by atoms with Crippen LogP contribution in [-0.4, -0.2) is 35.7 Å². The summed E-state index contributed by atoms with van der Waals surface area (Å²) in [6.07, 6.45) is 1.40. The lowest BCUT2D eigenvalue weighted by Gasteiger charge is -2.38. The summed E-state index contributed by atoms with van der Waals surface area (Å²) >= 11 is 3.57. The second-order valence-corrected chi connectivity index (χ2v) is 6.45. The Balaban J connectivity index is 1.97. The Morgan fingerprint density at radius 1 is 1.32 bits per heavy atom. The molecule has 6 heteroatoms. The van der Waals surface area contributed by atoms with Gasteiger partial charge in [0.2, 0.25) is 0 Å². The number of nitrogens with zero attached hydrogens (tertiary/aromatic N) is 1. The highest BCUT2D eigenvalue weighted by Crippen LogP contribution is 2.37. The predicted octanol–water partition coefficient (Wildman–Crippen LogP) is 3.57. The van der Waals surface area contributed by atoms with Crippen molar-refractivity contribution in [2.24, 2.45) is 0 Å². The summed E-state index contributed by atoms with van der Waals surface area (Å²) in [6, 6.07) is 13.0. The molecule has 0 radical (unpaired) electrons. The first kappa shape index (κ1) is 17.5. The van der Waals surface area contributed by atoms with E-state index in [1.54, 1.807) is 11.0 Å². The van der Waals surface area contributed by atoms with Crippen molar-refractivity contribution in [2.45, 2.75) is 6.17 Å². The van der Waals surface area contributed by atoms with Gasteiger partial charge in [0.25, 0.3) is 5.91 Å². The van der Waals surface area contributed by atoms with E-state index in [1.165, 1.54) is 0 Å². The molecule has 0 saturated heterocycles. The van der Waals surface area contributed by atoms with Crippen molar-refractivity contribution >= 4 is 27.5 Å². The molecule has 1 atom stereocenters. The maximum absolute atomic E-state index is 12.9. The lowest BCUT2D eigenvalue weighted by molar-refractivity contribution is 0.0707. The van der Waals surface area contributed by atoms with Gasteiger partial charge < -0.3 is 20.1 Å². The summed E-state index contributed by atoms with van der Waals surface area (Å²) in [4.78, 5) is 14.6. The van der Waals surface area contributed by atoms with Crippen molar-refractivity contribution < 1.29 is 14.6 Å². The third-order valence-electron chi connectivity index (χ3n) is 3.97. The Hall–Kier alpha value is -2.31. The summed E-state index contributed by atoms with van der Waals surface area (Å²) in [5, 5.41) is 12.3. The Morgan fingerprint density at radius 2 is 2.12 bits per heavy atom. The Labute approximate surface area is 155 Å². The number of amides is 1. The summed E-state index contributed by atoms with van der Waals surface area (Å²) < 4.78 is 6.25. The molecule has 1 heterocycles. The van der Waals surface area contributed by atoms with Crippen molar-refractivity contribution in [3.05, 3.63) is 70.7 Å². The number of anilines is 1. The zero-order valence-electron chi connectivity index (χ0n) is 13.6. The number of hydrogen-bond acceptors (Lipinski definition) is 4. The minimum atomic E-state index is -0.318. The van der Waals surface area contributed by atoms with Crippen molar-refractivity contribution in [2.75, 3.05) is 25.1 Å². The molecule has 0 aromatic heterocycles. The van der Waals surface area contributed by atoms with Crippen molar-refractivity contribution in [3.63, 3.8) is 0 Å². The van der Waals surface area contributed by atoms with E-state index in [4.69, 9.17) is 9.84 Å². The van der Waals surface area contributed by atoms with Crippen LogP contribution in [0.2, 0.25) is 0 Å². The second kappa shape index (κ2) is 7.72. The molecule has 0 saturated carbocycles. The van der Waals surface area contributed by atoms with Crippen LogP contribution >= 0.6 is 15.9 Å². The number of ether oxygens (including phenoxy) is 1. The molecular weight excluding hydrogens is 384 g/mol. The first-order chi connectivity index (χ1) is 12.2. The number of halogens is 1. The van der Waals surface area contributed by atoms with Crippen LogP contribution in [0, 0.1) is 0 Å². The highest BCUT2D eigenvalue weighted by atomic mass is 79.9. The number of hydrogen-bond donors (Lipinski definition) is 2.